The zero-order valence-electron chi connectivity index (χ0n) is 9.08. The van der Waals surface area contributed by atoms with Crippen molar-refractivity contribution in [1.82, 2.24) is 5.32 Å². The summed E-state index contributed by atoms with van der Waals surface area (Å²) >= 11 is 0. The van der Waals surface area contributed by atoms with Crippen LogP contribution in [-0.4, -0.2) is 30.7 Å². The first-order valence-corrected chi connectivity index (χ1v) is 5.90. The molecule has 4 heteroatoms. The third-order valence-electron chi connectivity index (χ3n) is 3.06. The van der Waals surface area contributed by atoms with Gasteiger partial charge in [0.05, 0.1) is 6.10 Å². The number of carbonyl (C=O) groups is 1. The number of hydrogen-bond donors (Lipinski definition) is 2. The number of amides is 1. The summed E-state index contributed by atoms with van der Waals surface area (Å²) in [5.41, 5.74) is 5.84. The van der Waals surface area contributed by atoms with Gasteiger partial charge in [-0.2, -0.15) is 0 Å². The minimum Gasteiger partial charge on any atom is -0.368 e. The Hall–Kier alpha value is -0.610. The van der Waals surface area contributed by atoms with Crippen molar-refractivity contribution in [1.29, 1.82) is 0 Å². The van der Waals surface area contributed by atoms with Crippen LogP contribution >= 0.6 is 0 Å². The second-order valence-electron chi connectivity index (χ2n) is 4.70. The van der Waals surface area contributed by atoms with Gasteiger partial charge >= 0.3 is 0 Å². The Morgan fingerprint density at radius 3 is 2.80 bits per heavy atom. The van der Waals surface area contributed by atoms with Crippen molar-refractivity contribution in [2.75, 3.05) is 6.61 Å². The van der Waals surface area contributed by atoms with E-state index in [4.69, 9.17) is 10.5 Å². The minimum atomic E-state index is 0.0247. The Morgan fingerprint density at radius 2 is 2.13 bits per heavy atom. The molecule has 0 aromatic rings. The molecular formula is C11H20N2O2. The topological polar surface area (TPSA) is 64.3 Å². The van der Waals surface area contributed by atoms with Gasteiger partial charge in [0.25, 0.3) is 0 Å². The summed E-state index contributed by atoms with van der Waals surface area (Å²) < 4.78 is 5.55. The summed E-state index contributed by atoms with van der Waals surface area (Å²) in [6, 6.07) is 0.685. The van der Waals surface area contributed by atoms with Gasteiger partial charge in [-0.25, -0.2) is 0 Å². The van der Waals surface area contributed by atoms with E-state index < -0.39 is 0 Å². The van der Waals surface area contributed by atoms with Gasteiger partial charge in [-0.15, -0.1) is 0 Å². The lowest BCUT2D eigenvalue weighted by Crippen LogP contribution is -2.36. The fraction of sp³-hybridized carbons (Fsp3) is 0.909. The summed E-state index contributed by atoms with van der Waals surface area (Å²) in [6.07, 6.45) is 6.60. The summed E-state index contributed by atoms with van der Waals surface area (Å²) in [7, 11) is 0. The van der Waals surface area contributed by atoms with Gasteiger partial charge in [-0.1, -0.05) is 0 Å². The minimum absolute atomic E-state index is 0.0247. The second-order valence-corrected chi connectivity index (χ2v) is 4.70. The summed E-state index contributed by atoms with van der Waals surface area (Å²) in [5.74, 6) is 0.0247. The van der Waals surface area contributed by atoms with Crippen LogP contribution in [-0.2, 0) is 9.53 Å². The van der Waals surface area contributed by atoms with Crippen molar-refractivity contribution in [3.63, 3.8) is 0 Å². The van der Waals surface area contributed by atoms with Crippen molar-refractivity contribution >= 4 is 5.91 Å². The van der Waals surface area contributed by atoms with Crippen LogP contribution in [0, 0.1) is 0 Å². The Labute approximate surface area is 90.5 Å². The van der Waals surface area contributed by atoms with Crippen LogP contribution < -0.4 is 11.1 Å². The van der Waals surface area contributed by atoms with Gasteiger partial charge in [-0.05, 0) is 38.5 Å². The quantitative estimate of drug-likeness (QED) is 0.715. The van der Waals surface area contributed by atoms with Crippen molar-refractivity contribution in [3.8, 4) is 0 Å². The molecule has 15 heavy (non-hydrogen) atoms. The fourth-order valence-corrected chi connectivity index (χ4v) is 2.02. The molecule has 2 aliphatic rings. The lowest BCUT2D eigenvalue weighted by Gasteiger charge is -2.26. The van der Waals surface area contributed by atoms with Crippen LogP contribution in [0.4, 0.5) is 0 Å². The number of nitrogens with one attached hydrogen (secondary N) is 1. The number of rotatable bonds is 4. The van der Waals surface area contributed by atoms with Crippen LogP contribution in [0.5, 0.6) is 0 Å². The molecule has 2 aliphatic carbocycles. The largest absolute Gasteiger partial charge is 0.368 e. The molecule has 0 aromatic heterocycles. The summed E-state index contributed by atoms with van der Waals surface area (Å²) in [6.45, 7) is 0.202. The first-order valence-electron chi connectivity index (χ1n) is 5.90. The molecule has 2 unspecified atom stereocenters. The lowest BCUT2D eigenvalue weighted by atomic mass is 9.94. The zero-order valence-corrected chi connectivity index (χ0v) is 9.08. The second kappa shape index (κ2) is 4.94. The number of nitrogens with two attached hydrogens (primary N) is 1. The van der Waals surface area contributed by atoms with Crippen molar-refractivity contribution in [2.45, 2.75) is 56.7 Å². The maximum atomic E-state index is 11.4. The molecule has 86 valence electrons. The molecule has 0 bridgehead atoms. The van der Waals surface area contributed by atoms with Crippen LogP contribution in [0.1, 0.15) is 38.5 Å². The van der Waals surface area contributed by atoms with Gasteiger partial charge in [0, 0.05) is 12.1 Å². The highest BCUT2D eigenvalue weighted by atomic mass is 16.5. The zero-order chi connectivity index (χ0) is 10.7. The van der Waals surface area contributed by atoms with Crippen molar-refractivity contribution in [3.05, 3.63) is 0 Å². The molecule has 0 saturated heterocycles. The van der Waals surface area contributed by atoms with Crippen molar-refractivity contribution in [2.24, 2.45) is 5.73 Å². The lowest BCUT2D eigenvalue weighted by molar-refractivity contribution is -0.128. The van der Waals surface area contributed by atoms with Gasteiger partial charge in [0.2, 0.25) is 5.91 Å². The molecule has 0 radical (unpaired) electrons. The molecule has 1 amide bonds. The van der Waals surface area contributed by atoms with Crippen LogP contribution in [0.3, 0.4) is 0 Å². The molecule has 0 aliphatic heterocycles. The Bertz CT molecular complexity index is 229. The van der Waals surface area contributed by atoms with E-state index >= 15 is 0 Å². The van der Waals surface area contributed by atoms with E-state index in [9.17, 15) is 4.79 Å². The maximum absolute atomic E-state index is 11.4. The van der Waals surface area contributed by atoms with E-state index in [1.54, 1.807) is 0 Å². The van der Waals surface area contributed by atoms with Gasteiger partial charge in [0.15, 0.2) is 0 Å². The molecule has 2 saturated carbocycles. The molecule has 0 aromatic carbocycles. The number of carbonyl (C=O) groups excluding carboxylic acids is 1. The van der Waals surface area contributed by atoms with Gasteiger partial charge < -0.3 is 15.8 Å². The average molecular weight is 212 g/mol. The Morgan fingerprint density at radius 1 is 1.33 bits per heavy atom. The molecule has 0 heterocycles. The smallest absolute Gasteiger partial charge is 0.246 e. The van der Waals surface area contributed by atoms with Crippen LogP contribution in [0.25, 0.3) is 0 Å². The Kier molecular flexibility index (Phi) is 3.59. The van der Waals surface area contributed by atoms with Crippen molar-refractivity contribution < 1.29 is 9.53 Å². The molecule has 3 N–H and O–H groups in total. The normalized spacial score (nSPS) is 31.3. The highest BCUT2D eigenvalue weighted by molar-refractivity contribution is 5.77. The average Bonchev–Trinajstić information content (AvgIpc) is 2.99. The van der Waals surface area contributed by atoms with E-state index in [2.05, 4.69) is 5.32 Å². The van der Waals surface area contributed by atoms with Crippen LogP contribution in [0.2, 0.25) is 0 Å². The molecule has 2 rings (SSSR count). The number of ether oxygens (including phenoxy) is 1. The van der Waals surface area contributed by atoms with E-state index in [-0.39, 0.29) is 24.7 Å². The predicted molar refractivity (Wildman–Crippen MR) is 57.3 cm³/mol. The van der Waals surface area contributed by atoms with Gasteiger partial charge in [0.1, 0.15) is 6.61 Å². The van der Waals surface area contributed by atoms with E-state index in [0.717, 1.165) is 38.5 Å². The van der Waals surface area contributed by atoms with E-state index in [1.807, 2.05) is 0 Å². The van der Waals surface area contributed by atoms with Crippen LogP contribution in [0.15, 0.2) is 0 Å². The molecule has 0 spiro atoms. The summed E-state index contributed by atoms with van der Waals surface area (Å²) in [4.78, 5) is 11.4. The third-order valence-corrected chi connectivity index (χ3v) is 3.06. The predicted octanol–water partition coefficient (Wildman–Crippen LogP) is 0.551. The molecule has 2 atom stereocenters. The first-order chi connectivity index (χ1) is 7.24. The van der Waals surface area contributed by atoms with E-state index in [1.165, 1.54) is 0 Å². The maximum Gasteiger partial charge on any atom is 0.246 e. The number of hydrogen-bond acceptors (Lipinski definition) is 3. The highest BCUT2D eigenvalue weighted by Crippen LogP contribution is 2.20. The van der Waals surface area contributed by atoms with E-state index in [0.29, 0.717) is 6.04 Å². The first kappa shape index (κ1) is 10.9. The highest BCUT2D eigenvalue weighted by Gasteiger charge is 2.24. The fourth-order valence-electron chi connectivity index (χ4n) is 2.02. The molecule has 4 nitrogen and oxygen atoms in total. The molecular weight excluding hydrogens is 192 g/mol. The standard InChI is InChI=1S/C11H20N2O2/c12-8-2-1-3-10(6-8)15-7-11(14)13-9-4-5-9/h8-10H,1-7,12H2,(H,13,14). The Balaban J connectivity index is 1.61. The monoisotopic (exact) mass is 212 g/mol. The molecule has 2 fully saturated rings. The third kappa shape index (κ3) is 3.80. The van der Waals surface area contributed by atoms with Gasteiger partial charge in [-0.3, -0.25) is 4.79 Å². The SMILES string of the molecule is NC1CCCC(OCC(=O)NC2CC2)C1. The summed E-state index contributed by atoms with van der Waals surface area (Å²) in [5, 5.41) is 2.91.